The fourth-order valence-corrected chi connectivity index (χ4v) is 2.78. The Kier molecular flexibility index (Phi) is 4.91. The van der Waals surface area contributed by atoms with E-state index in [1.54, 1.807) is 17.4 Å². The SMILES string of the molecule is CCc1cnc(C(C)NCc2cc(F)ccc2Cl)s1. The van der Waals surface area contributed by atoms with Crippen molar-refractivity contribution in [2.24, 2.45) is 0 Å². The van der Waals surface area contributed by atoms with E-state index < -0.39 is 0 Å². The molecule has 1 aromatic heterocycles. The highest BCUT2D eigenvalue weighted by Crippen LogP contribution is 2.22. The number of nitrogens with zero attached hydrogens (tertiary/aromatic N) is 1. The van der Waals surface area contributed by atoms with Gasteiger partial charge in [0.2, 0.25) is 0 Å². The molecule has 0 spiro atoms. The highest BCUT2D eigenvalue weighted by Gasteiger charge is 2.10. The van der Waals surface area contributed by atoms with Crippen LogP contribution >= 0.6 is 22.9 Å². The third-order valence-electron chi connectivity index (χ3n) is 2.90. The van der Waals surface area contributed by atoms with Crippen LogP contribution in [0.2, 0.25) is 5.02 Å². The van der Waals surface area contributed by atoms with E-state index in [1.807, 2.05) is 13.1 Å². The average Bonchev–Trinajstić information content (AvgIpc) is 2.88. The molecule has 0 bridgehead atoms. The third kappa shape index (κ3) is 3.75. The number of thiazole rings is 1. The summed E-state index contributed by atoms with van der Waals surface area (Å²) >= 11 is 7.74. The molecule has 0 saturated carbocycles. The van der Waals surface area contributed by atoms with E-state index in [0.29, 0.717) is 11.6 Å². The number of nitrogens with one attached hydrogen (secondary N) is 1. The molecule has 2 rings (SSSR count). The van der Waals surface area contributed by atoms with Crippen molar-refractivity contribution in [3.05, 3.63) is 50.7 Å². The van der Waals surface area contributed by atoms with Crippen molar-refractivity contribution in [3.8, 4) is 0 Å². The molecular formula is C14H16ClFN2S. The number of hydrogen-bond acceptors (Lipinski definition) is 3. The maximum absolute atomic E-state index is 13.1. The van der Waals surface area contributed by atoms with Crippen molar-refractivity contribution in [1.82, 2.24) is 10.3 Å². The minimum atomic E-state index is -0.267. The maximum Gasteiger partial charge on any atom is 0.123 e. The van der Waals surface area contributed by atoms with Gasteiger partial charge in [-0.3, -0.25) is 0 Å². The summed E-state index contributed by atoms with van der Waals surface area (Å²) in [6.07, 6.45) is 2.91. The summed E-state index contributed by atoms with van der Waals surface area (Å²) in [5, 5.41) is 4.94. The van der Waals surface area contributed by atoms with E-state index >= 15 is 0 Å². The molecule has 0 radical (unpaired) electrons. The number of benzene rings is 1. The highest BCUT2D eigenvalue weighted by atomic mass is 35.5. The lowest BCUT2D eigenvalue weighted by Crippen LogP contribution is -2.18. The lowest BCUT2D eigenvalue weighted by atomic mass is 10.2. The van der Waals surface area contributed by atoms with E-state index in [9.17, 15) is 4.39 Å². The largest absolute Gasteiger partial charge is 0.304 e. The van der Waals surface area contributed by atoms with Crippen molar-refractivity contribution in [1.29, 1.82) is 0 Å². The molecule has 2 aromatic rings. The average molecular weight is 299 g/mol. The first-order valence-corrected chi connectivity index (χ1v) is 7.41. The van der Waals surface area contributed by atoms with E-state index in [2.05, 4.69) is 17.2 Å². The number of aryl methyl sites for hydroxylation is 1. The van der Waals surface area contributed by atoms with Gasteiger partial charge in [0, 0.05) is 22.6 Å². The van der Waals surface area contributed by atoms with Crippen molar-refractivity contribution in [3.63, 3.8) is 0 Å². The second-order valence-electron chi connectivity index (χ2n) is 4.36. The molecule has 1 aromatic carbocycles. The summed E-state index contributed by atoms with van der Waals surface area (Å²) in [5.74, 6) is -0.267. The second-order valence-corrected chi connectivity index (χ2v) is 5.91. The topological polar surface area (TPSA) is 24.9 Å². The Bertz CT molecular complexity index is 556. The van der Waals surface area contributed by atoms with E-state index in [1.165, 1.54) is 17.0 Å². The molecule has 1 unspecified atom stereocenters. The van der Waals surface area contributed by atoms with Gasteiger partial charge in [-0.05, 0) is 37.1 Å². The van der Waals surface area contributed by atoms with E-state index in [4.69, 9.17) is 11.6 Å². The fraction of sp³-hybridized carbons (Fsp3) is 0.357. The first kappa shape index (κ1) is 14.4. The molecule has 0 aliphatic rings. The van der Waals surface area contributed by atoms with Gasteiger partial charge in [-0.25, -0.2) is 9.37 Å². The predicted octanol–water partition coefficient (Wildman–Crippen LogP) is 4.35. The smallest absolute Gasteiger partial charge is 0.123 e. The van der Waals surface area contributed by atoms with Crippen LogP contribution in [0.5, 0.6) is 0 Å². The zero-order chi connectivity index (χ0) is 13.8. The van der Waals surface area contributed by atoms with Gasteiger partial charge >= 0.3 is 0 Å². The number of rotatable bonds is 5. The Morgan fingerprint density at radius 2 is 2.26 bits per heavy atom. The van der Waals surface area contributed by atoms with Gasteiger partial charge in [0.1, 0.15) is 10.8 Å². The lowest BCUT2D eigenvalue weighted by Gasteiger charge is -2.12. The Balaban J connectivity index is 1.99. The summed E-state index contributed by atoms with van der Waals surface area (Å²) < 4.78 is 13.1. The molecule has 0 aliphatic heterocycles. The van der Waals surface area contributed by atoms with E-state index in [-0.39, 0.29) is 11.9 Å². The van der Waals surface area contributed by atoms with Crippen molar-refractivity contribution in [2.75, 3.05) is 0 Å². The summed E-state index contributed by atoms with van der Waals surface area (Å²) in [5.41, 5.74) is 0.765. The standard InChI is InChI=1S/C14H16ClFN2S/c1-3-12-8-18-14(19-12)9(2)17-7-10-6-11(16)4-5-13(10)15/h4-6,8-9,17H,3,7H2,1-2H3. The molecule has 1 heterocycles. The number of halogens is 2. The molecule has 1 atom stereocenters. The van der Waals surface area contributed by atoms with Crippen LogP contribution in [0.15, 0.2) is 24.4 Å². The number of hydrogen-bond donors (Lipinski definition) is 1. The Morgan fingerprint density at radius 3 is 2.95 bits per heavy atom. The van der Waals surface area contributed by atoms with Gasteiger partial charge in [-0.1, -0.05) is 18.5 Å². The lowest BCUT2D eigenvalue weighted by molar-refractivity contribution is 0.567. The van der Waals surface area contributed by atoms with Gasteiger partial charge in [-0.2, -0.15) is 0 Å². The van der Waals surface area contributed by atoms with Crippen LogP contribution in [0.4, 0.5) is 4.39 Å². The van der Waals surface area contributed by atoms with Gasteiger partial charge in [0.25, 0.3) is 0 Å². The zero-order valence-corrected chi connectivity index (χ0v) is 12.5. The van der Waals surface area contributed by atoms with Crippen LogP contribution < -0.4 is 5.32 Å². The summed E-state index contributed by atoms with van der Waals surface area (Å²) in [6, 6.07) is 4.53. The van der Waals surface area contributed by atoms with Gasteiger partial charge in [-0.15, -0.1) is 11.3 Å². The Hall–Kier alpha value is -0.970. The third-order valence-corrected chi connectivity index (χ3v) is 4.59. The fourth-order valence-electron chi connectivity index (χ4n) is 1.72. The number of aromatic nitrogens is 1. The van der Waals surface area contributed by atoms with E-state index in [0.717, 1.165) is 17.0 Å². The molecule has 1 N–H and O–H groups in total. The summed E-state index contributed by atoms with van der Waals surface area (Å²) in [4.78, 5) is 5.66. The molecule has 0 fully saturated rings. The van der Waals surface area contributed by atoms with Crippen LogP contribution in [-0.2, 0) is 13.0 Å². The maximum atomic E-state index is 13.1. The van der Waals surface area contributed by atoms with Crippen LogP contribution in [-0.4, -0.2) is 4.98 Å². The molecule has 0 amide bonds. The molecule has 5 heteroatoms. The van der Waals surface area contributed by atoms with Gasteiger partial charge in [0.05, 0.1) is 6.04 Å². The van der Waals surface area contributed by atoms with Gasteiger partial charge in [0.15, 0.2) is 0 Å². The van der Waals surface area contributed by atoms with Gasteiger partial charge < -0.3 is 5.32 Å². The van der Waals surface area contributed by atoms with Crippen LogP contribution in [0.3, 0.4) is 0 Å². The summed E-state index contributed by atoms with van der Waals surface area (Å²) in [7, 11) is 0. The first-order valence-electron chi connectivity index (χ1n) is 6.22. The van der Waals surface area contributed by atoms with Crippen molar-refractivity contribution < 1.29 is 4.39 Å². The Morgan fingerprint density at radius 1 is 1.47 bits per heavy atom. The van der Waals surface area contributed by atoms with Crippen LogP contribution in [0, 0.1) is 5.82 Å². The molecule has 0 saturated heterocycles. The highest BCUT2D eigenvalue weighted by molar-refractivity contribution is 7.11. The normalized spacial score (nSPS) is 12.6. The monoisotopic (exact) mass is 298 g/mol. The molecule has 19 heavy (non-hydrogen) atoms. The minimum absolute atomic E-state index is 0.129. The minimum Gasteiger partial charge on any atom is -0.304 e. The predicted molar refractivity (Wildman–Crippen MR) is 78.2 cm³/mol. The Labute approximate surface area is 121 Å². The van der Waals surface area contributed by atoms with Crippen LogP contribution in [0.25, 0.3) is 0 Å². The quantitative estimate of drug-likeness (QED) is 0.888. The molecule has 2 nitrogen and oxygen atoms in total. The first-order chi connectivity index (χ1) is 9.10. The molecule has 102 valence electrons. The zero-order valence-electron chi connectivity index (χ0n) is 10.9. The summed E-state index contributed by atoms with van der Waals surface area (Å²) in [6.45, 7) is 4.69. The van der Waals surface area contributed by atoms with Crippen LogP contribution in [0.1, 0.15) is 35.3 Å². The molecular weight excluding hydrogens is 283 g/mol. The second kappa shape index (κ2) is 6.46. The van der Waals surface area contributed by atoms with Crippen molar-refractivity contribution in [2.45, 2.75) is 32.9 Å². The molecule has 0 aliphatic carbocycles. The van der Waals surface area contributed by atoms with Crippen molar-refractivity contribution >= 4 is 22.9 Å².